The van der Waals surface area contributed by atoms with Gasteiger partial charge in [0.05, 0.1) is 69.9 Å². The first-order valence-corrected chi connectivity index (χ1v) is 19.5. The van der Waals surface area contributed by atoms with E-state index in [0.29, 0.717) is 94.4 Å². The minimum atomic E-state index is -0.904. The van der Waals surface area contributed by atoms with Crippen molar-refractivity contribution in [3.05, 3.63) is 90.0 Å². The van der Waals surface area contributed by atoms with Gasteiger partial charge in [-0.1, -0.05) is 24.2 Å². The van der Waals surface area contributed by atoms with Crippen LogP contribution in [0.2, 0.25) is 5.02 Å². The maximum absolute atomic E-state index is 16.3. The number of benzene rings is 3. The topological polar surface area (TPSA) is 173 Å². The average Bonchev–Trinajstić information content (AvgIpc) is 3.26. The Hall–Kier alpha value is -5.79. The van der Waals surface area contributed by atoms with Crippen LogP contribution in [-0.2, 0) is 28.5 Å². The van der Waals surface area contributed by atoms with E-state index in [1.807, 2.05) is 29.2 Å². The molecule has 1 aliphatic heterocycles. The third kappa shape index (κ3) is 11.7. The molecular formula is C41H43ClF2N8O8. The molecule has 0 N–H and O–H groups in total. The maximum atomic E-state index is 16.3. The summed E-state index contributed by atoms with van der Waals surface area (Å²) in [4.78, 5) is 36.8. The summed E-state index contributed by atoms with van der Waals surface area (Å²) in [6.45, 7) is 9.68. The number of piperazine rings is 1. The number of aryl methyl sites for hydroxylation is 1. The van der Waals surface area contributed by atoms with Gasteiger partial charge in [-0.3, -0.25) is 9.59 Å². The van der Waals surface area contributed by atoms with E-state index in [9.17, 15) is 9.59 Å². The van der Waals surface area contributed by atoms with Crippen LogP contribution in [0.1, 0.15) is 12.2 Å². The molecule has 0 saturated carbocycles. The lowest BCUT2D eigenvalue weighted by Crippen LogP contribution is -2.48. The van der Waals surface area contributed by atoms with Crippen molar-refractivity contribution >= 4 is 40.2 Å². The molecule has 2 aromatic heterocycles. The molecule has 1 saturated heterocycles. The molecule has 60 heavy (non-hydrogen) atoms. The van der Waals surface area contributed by atoms with Crippen LogP contribution in [-0.4, -0.2) is 133 Å². The normalized spacial score (nSPS) is 12.8. The minimum Gasteiger partial charge on any atom is -0.491 e. The molecule has 6 rings (SSSR count). The van der Waals surface area contributed by atoms with Gasteiger partial charge in [-0.25, -0.2) is 18.7 Å². The predicted molar refractivity (Wildman–Crippen MR) is 216 cm³/mol. The highest BCUT2D eigenvalue weighted by atomic mass is 35.5. The molecule has 3 heterocycles. The van der Waals surface area contributed by atoms with Gasteiger partial charge < -0.3 is 38.2 Å². The number of amides is 1. The molecule has 3 aromatic carbocycles. The fourth-order valence-electron chi connectivity index (χ4n) is 6.10. The average molecular weight is 849 g/mol. The lowest BCUT2D eigenvalue weighted by atomic mass is 10.0. The zero-order valence-electron chi connectivity index (χ0n) is 32.9. The van der Waals surface area contributed by atoms with Gasteiger partial charge in [0.2, 0.25) is 11.7 Å². The largest absolute Gasteiger partial charge is 0.491 e. The molecule has 316 valence electrons. The van der Waals surface area contributed by atoms with Crippen molar-refractivity contribution in [1.82, 2.24) is 35.3 Å². The van der Waals surface area contributed by atoms with Crippen LogP contribution in [0.15, 0.2) is 67.5 Å². The Morgan fingerprint density at radius 3 is 2.08 bits per heavy atom. The summed E-state index contributed by atoms with van der Waals surface area (Å²) in [6.07, 6.45) is 2.31. The first kappa shape index (κ1) is 43.8. The summed E-state index contributed by atoms with van der Waals surface area (Å²) in [5.41, 5.74) is 0.0583. The van der Waals surface area contributed by atoms with Crippen molar-refractivity contribution in [3.8, 4) is 34.0 Å². The first-order chi connectivity index (χ1) is 29.2. The predicted octanol–water partition coefficient (Wildman–Crippen LogP) is 5.06. The van der Waals surface area contributed by atoms with E-state index in [1.165, 1.54) is 30.6 Å². The molecule has 0 bridgehead atoms. The van der Waals surface area contributed by atoms with Crippen LogP contribution in [0, 0.1) is 18.6 Å². The monoisotopic (exact) mass is 848 g/mol. The lowest BCUT2D eigenvalue weighted by molar-refractivity contribution is -0.135. The number of carbonyl (C=O) groups excluding carboxylic acids is 2. The van der Waals surface area contributed by atoms with E-state index in [2.05, 4.69) is 36.9 Å². The second-order valence-corrected chi connectivity index (χ2v) is 13.5. The van der Waals surface area contributed by atoms with Crippen molar-refractivity contribution < 1.29 is 46.8 Å². The molecular weight excluding hydrogens is 806 g/mol. The zero-order chi connectivity index (χ0) is 42.3. The molecule has 0 unspecified atom stereocenters. The number of halogens is 3. The van der Waals surface area contributed by atoms with Gasteiger partial charge in [0.15, 0.2) is 11.6 Å². The molecule has 0 spiro atoms. The third-order valence-electron chi connectivity index (χ3n) is 9.07. The van der Waals surface area contributed by atoms with Crippen molar-refractivity contribution in [2.75, 3.05) is 90.5 Å². The van der Waals surface area contributed by atoms with Gasteiger partial charge in [-0.2, -0.15) is 0 Å². The minimum absolute atomic E-state index is 0.00825. The Labute approximate surface area is 349 Å². The van der Waals surface area contributed by atoms with Gasteiger partial charge in [0.25, 0.3) is 0 Å². The van der Waals surface area contributed by atoms with Gasteiger partial charge in [-0.15, -0.1) is 20.4 Å². The smallest absolute Gasteiger partial charge is 0.313 e. The van der Waals surface area contributed by atoms with Crippen molar-refractivity contribution in [3.63, 3.8) is 0 Å². The molecule has 0 atom stereocenters. The van der Waals surface area contributed by atoms with Crippen LogP contribution in [0.3, 0.4) is 0 Å². The Bertz CT molecular complexity index is 2230. The summed E-state index contributed by atoms with van der Waals surface area (Å²) in [7, 11) is 0. The molecule has 1 fully saturated rings. The second kappa shape index (κ2) is 22.0. The summed E-state index contributed by atoms with van der Waals surface area (Å²) in [5.74, 6) is -0.818. The number of hydrogen-bond donors (Lipinski definition) is 0. The quantitative estimate of drug-likeness (QED) is 0.0415. The lowest BCUT2D eigenvalue weighted by Gasteiger charge is -2.35. The number of rotatable bonds is 21. The Balaban J connectivity index is 0.859. The zero-order valence-corrected chi connectivity index (χ0v) is 33.6. The number of nitrogens with zero attached hydrogens (tertiary/aromatic N) is 8. The molecule has 5 aromatic rings. The molecule has 1 amide bonds. The number of hydrogen-bond acceptors (Lipinski definition) is 15. The van der Waals surface area contributed by atoms with E-state index >= 15 is 8.78 Å². The summed E-state index contributed by atoms with van der Waals surface area (Å²) in [5, 5.41) is 16.0. The SMILES string of the molecule is C=CC(=O)N1CCN(c2ncnc3c(F)c(-c4c(F)cccc4OC(=O)CCOCCOCCOCCOCCOc4ccc(-c5nnc(C)nn5)cc4)c(Cl)cc23)CC1. The van der Waals surface area contributed by atoms with Gasteiger partial charge >= 0.3 is 5.97 Å². The number of aromatic nitrogens is 6. The fraction of sp³-hybridized carbons (Fsp3) is 0.366. The third-order valence-corrected chi connectivity index (χ3v) is 9.37. The number of ether oxygens (including phenoxy) is 6. The molecule has 1 aliphatic rings. The summed E-state index contributed by atoms with van der Waals surface area (Å²) in [6, 6.07) is 12.6. The van der Waals surface area contributed by atoms with Crippen LogP contribution < -0.4 is 14.4 Å². The second-order valence-electron chi connectivity index (χ2n) is 13.1. The Kier molecular flexibility index (Phi) is 16.0. The number of fused-ring (bicyclic) bond motifs is 1. The number of esters is 1. The summed E-state index contributed by atoms with van der Waals surface area (Å²) >= 11 is 6.62. The molecule has 0 aliphatic carbocycles. The van der Waals surface area contributed by atoms with E-state index in [-0.39, 0.29) is 59.6 Å². The molecule has 0 radical (unpaired) electrons. The highest BCUT2D eigenvalue weighted by Crippen LogP contribution is 2.42. The number of carbonyl (C=O) groups is 2. The van der Waals surface area contributed by atoms with E-state index in [4.69, 9.17) is 40.0 Å². The Morgan fingerprint density at radius 1 is 0.800 bits per heavy atom. The van der Waals surface area contributed by atoms with Crippen molar-refractivity contribution in [2.24, 2.45) is 0 Å². The highest BCUT2D eigenvalue weighted by molar-refractivity contribution is 6.34. The number of anilines is 1. The standard InChI is InChI=1S/C41H43ClF2N8O8/c1-3-34(53)51-12-14-52(15-13-51)41-30-25-31(42)36(38(44)39(30)45-26-46-41)37-32(43)5-4-6-33(37)60-35(54)11-16-55-17-18-56-19-20-57-21-22-58-23-24-59-29-9-7-28(8-10-29)40-49-47-27(2)48-50-40/h3-10,25-26H,1,11-24H2,2H3. The van der Waals surface area contributed by atoms with Crippen LogP contribution in [0.4, 0.5) is 14.6 Å². The van der Waals surface area contributed by atoms with Crippen molar-refractivity contribution in [1.29, 1.82) is 0 Å². The molecule has 16 nitrogen and oxygen atoms in total. The maximum Gasteiger partial charge on any atom is 0.313 e. The van der Waals surface area contributed by atoms with Gasteiger partial charge in [0.1, 0.15) is 41.6 Å². The molecule has 19 heteroatoms. The van der Waals surface area contributed by atoms with E-state index in [1.54, 1.807) is 11.8 Å². The van der Waals surface area contributed by atoms with Crippen molar-refractivity contribution in [2.45, 2.75) is 13.3 Å². The van der Waals surface area contributed by atoms with Crippen LogP contribution in [0.25, 0.3) is 33.4 Å². The highest BCUT2D eigenvalue weighted by Gasteiger charge is 2.27. The van der Waals surface area contributed by atoms with E-state index < -0.39 is 17.6 Å². The van der Waals surface area contributed by atoms with Crippen LogP contribution in [0.5, 0.6) is 11.5 Å². The summed E-state index contributed by atoms with van der Waals surface area (Å²) < 4.78 is 64.8. The first-order valence-electron chi connectivity index (χ1n) is 19.1. The van der Waals surface area contributed by atoms with Gasteiger partial charge in [0, 0.05) is 42.7 Å². The van der Waals surface area contributed by atoms with Gasteiger partial charge in [-0.05, 0) is 55.5 Å². The Morgan fingerprint density at radius 2 is 1.43 bits per heavy atom. The fourth-order valence-corrected chi connectivity index (χ4v) is 6.39. The van der Waals surface area contributed by atoms with Crippen LogP contribution >= 0.6 is 11.6 Å². The van der Waals surface area contributed by atoms with E-state index in [0.717, 1.165) is 11.6 Å².